The van der Waals surface area contributed by atoms with Crippen LogP contribution in [0.1, 0.15) is 43.2 Å². The van der Waals surface area contributed by atoms with Crippen molar-refractivity contribution in [2.75, 3.05) is 12.9 Å². The van der Waals surface area contributed by atoms with Gasteiger partial charge in [0.05, 0.1) is 7.11 Å². The molecule has 1 aromatic rings. The van der Waals surface area contributed by atoms with Gasteiger partial charge in [-0.05, 0) is 25.2 Å². The predicted molar refractivity (Wildman–Crippen MR) is 80.3 cm³/mol. The molecule has 20 heavy (non-hydrogen) atoms. The summed E-state index contributed by atoms with van der Waals surface area (Å²) in [6.45, 7) is 8.19. The molecule has 112 valence electrons. The van der Waals surface area contributed by atoms with E-state index >= 15 is 0 Å². The van der Waals surface area contributed by atoms with E-state index in [-0.39, 0.29) is 0 Å². The summed E-state index contributed by atoms with van der Waals surface area (Å²) >= 11 is 1.44. The van der Waals surface area contributed by atoms with Crippen LogP contribution in [0.2, 0.25) is 0 Å². The van der Waals surface area contributed by atoms with Crippen molar-refractivity contribution in [2.45, 2.75) is 39.1 Å². The maximum Gasteiger partial charge on any atom is 0.346 e. The normalized spacial score (nSPS) is 12.5. The first kappa shape index (κ1) is 16.8. The second-order valence-electron chi connectivity index (χ2n) is 5.38. The Bertz CT molecular complexity index is 526. The zero-order valence-electron chi connectivity index (χ0n) is 12.6. The number of hydrogen-bond donors (Lipinski definition) is 1. The van der Waals surface area contributed by atoms with Crippen LogP contribution < -0.4 is 5.69 Å². The Hall–Kier alpha value is -1.30. The second-order valence-corrected chi connectivity index (χ2v) is 6.39. The Morgan fingerprint density at radius 2 is 2.05 bits per heavy atom. The summed E-state index contributed by atoms with van der Waals surface area (Å²) in [7, 11) is 1.32. The van der Waals surface area contributed by atoms with Crippen molar-refractivity contribution in [3.63, 3.8) is 0 Å². The molecule has 1 N–H and O–H groups in total. The van der Waals surface area contributed by atoms with Gasteiger partial charge in [-0.15, -0.1) is 11.8 Å². The molecule has 0 amide bonds. The average Bonchev–Trinajstić information content (AvgIpc) is 2.34. The number of esters is 1. The molecule has 0 aliphatic carbocycles. The molecule has 0 saturated heterocycles. The lowest BCUT2D eigenvalue weighted by Gasteiger charge is -2.14. The fourth-order valence-electron chi connectivity index (χ4n) is 2.10. The number of hydrogen-bond acceptors (Lipinski definition) is 5. The molecule has 0 unspecified atom stereocenters. The molecule has 0 aromatic carbocycles. The van der Waals surface area contributed by atoms with Gasteiger partial charge in [0.1, 0.15) is 10.6 Å². The minimum absolute atomic E-state index is 0.355. The molecule has 0 bridgehead atoms. The number of rotatable bonds is 6. The van der Waals surface area contributed by atoms with Crippen LogP contribution in [0.25, 0.3) is 0 Å². The third-order valence-electron chi connectivity index (χ3n) is 2.85. The molecule has 1 atom stereocenters. The van der Waals surface area contributed by atoms with Crippen LogP contribution >= 0.6 is 11.8 Å². The zero-order chi connectivity index (χ0) is 15.3. The molecule has 0 aliphatic heterocycles. The minimum Gasteiger partial charge on any atom is -0.465 e. The maximum absolute atomic E-state index is 11.8. The topological polar surface area (TPSA) is 72.0 Å². The lowest BCUT2D eigenvalue weighted by molar-refractivity contribution is 0.0594. The summed E-state index contributed by atoms with van der Waals surface area (Å²) in [6, 6.07) is 0. The highest BCUT2D eigenvalue weighted by Gasteiger charge is 2.19. The zero-order valence-corrected chi connectivity index (χ0v) is 13.5. The van der Waals surface area contributed by atoms with E-state index in [1.54, 1.807) is 6.92 Å². The van der Waals surface area contributed by atoms with E-state index in [2.05, 4.69) is 30.7 Å². The summed E-state index contributed by atoms with van der Waals surface area (Å²) in [5.74, 6) is 1.47. The maximum atomic E-state index is 11.8. The Morgan fingerprint density at radius 3 is 2.60 bits per heavy atom. The summed E-state index contributed by atoms with van der Waals surface area (Å²) in [6.07, 6.45) is 1.10. The number of aromatic amines is 1. The molecule has 6 heteroatoms. The number of aromatic nitrogens is 2. The highest BCUT2D eigenvalue weighted by molar-refractivity contribution is 7.99. The number of ether oxygens (including phenoxy) is 1. The van der Waals surface area contributed by atoms with Gasteiger partial charge in [0.15, 0.2) is 0 Å². The molecule has 1 rings (SSSR count). The number of carbonyl (C=O) groups is 1. The first-order valence-corrected chi connectivity index (χ1v) is 7.65. The monoisotopic (exact) mass is 298 g/mol. The van der Waals surface area contributed by atoms with Gasteiger partial charge >= 0.3 is 11.7 Å². The summed E-state index contributed by atoms with van der Waals surface area (Å²) in [5, 5.41) is 0.453. The smallest absolute Gasteiger partial charge is 0.346 e. The predicted octanol–water partition coefficient (Wildman–Crippen LogP) is 2.64. The van der Waals surface area contributed by atoms with Crippen molar-refractivity contribution < 1.29 is 9.53 Å². The van der Waals surface area contributed by atoms with E-state index < -0.39 is 11.7 Å². The van der Waals surface area contributed by atoms with Gasteiger partial charge in [0.2, 0.25) is 0 Å². The van der Waals surface area contributed by atoms with Crippen molar-refractivity contribution >= 4 is 17.7 Å². The molecule has 5 nitrogen and oxygen atoms in total. The first-order chi connectivity index (χ1) is 9.35. The molecule has 1 aromatic heterocycles. The van der Waals surface area contributed by atoms with Crippen LogP contribution in [-0.4, -0.2) is 28.8 Å². The van der Waals surface area contributed by atoms with Gasteiger partial charge in [0, 0.05) is 11.4 Å². The molecule has 1 heterocycles. The van der Waals surface area contributed by atoms with Crippen molar-refractivity contribution in [3.8, 4) is 0 Å². The molecule has 0 fully saturated rings. The lowest BCUT2D eigenvalue weighted by Crippen LogP contribution is -2.19. The first-order valence-electron chi connectivity index (χ1n) is 6.67. The molecule has 0 radical (unpaired) electrons. The largest absolute Gasteiger partial charge is 0.465 e. The van der Waals surface area contributed by atoms with Crippen LogP contribution in [0, 0.1) is 18.8 Å². The molecule has 0 aliphatic rings. The van der Waals surface area contributed by atoms with Gasteiger partial charge in [0.25, 0.3) is 0 Å². The standard InChI is InChI=1S/C14H22N2O3S/c1-8(2)6-9(3)7-20-12-11(13(17)19-5)10(4)15-14(18)16-12/h8-9H,6-7H2,1-5H3,(H,15,16,18)/t9-/m0/s1. The van der Waals surface area contributed by atoms with Crippen LogP contribution in [0.3, 0.4) is 0 Å². The Balaban J connectivity index is 2.93. The lowest BCUT2D eigenvalue weighted by atomic mass is 10.0. The van der Waals surface area contributed by atoms with Crippen molar-refractivity contribution in [1.29, 1.82) is 0 Å². The van der Waals surface area contributed by atoms with Crippen molar-refractivity contribution in [3.05, 3.63) is 21.7 Å². The number of carbonyl (C=O) groups excluding carboxylic acids is 1. The Labute approximate surface area is 123 Å². The van der Waals surface area contributed by atoms with Gasteiger partial charge in [-0.2, -0.15) is 4.98 Å². The van der Waals surface area contributed by atoms with E-state index in [4.69, 9.17) is 4.74 Å². The van der Waals surface area contributed by atoms with Crippen LogP contribution in [0.5, 0.6) is 0 Å². The number of nitrogens with zero attached hydrogens (tertiary/aromatic N) is 1. The third-order valence-corrected chi connectivity index (χ3v) is 4.16. The van der Waals surface area contributed by atoms with Crippen LogP contribution in [0.4, 0.5) is 0 Å². The Kier molecular flexibility index (Phi) is 6.26. The number of aryl methyl sites for hydroxylation is 1. The molecule has 0 saturated carbocycles. The molecular formula is C14H22N2O3S. The average molecular weight is 298 g/mol. The highest BCUT2D eigenvalue weighted by Crippen LogP contribution is 2.25. The summed E-state index contributed by atoms with van der Waals surface area (Å²) in [4.78, 5) is 29.7. The number of nitrogens with one attached hydrogen (secondary N) is 1. The van der Waals surface area contributed by atoms with Crippen LogP contribution in [0.15, 0.2) is 9.82 Å². The summed E-state index contributed by atoms with van der Waals surface area (Å²) < 4.78 is 4.75. The number of thioether (sulfide) groups is 1. The van der Waals surface area contributed by atoms with E-state index in [9.17, 15) is 9.59 Å². The van der Waals surface area contributed by atoms with E-state index in [0.717, 1.165) is 12.2 Å². The van der Waals surface area contributed by atoms with E-state index in [1.165, 1.54) is 18.9 Å². The highest BCUT2D eigenvalue weighted by atomic mass is 32.2. The fraction of sp³-hybridized carbons (Fsp3) is 0.643. The van der Waals surface area contributed by atoms with E-state index in [1.807, 2.05) is 0 Å². The van der Waals surface area contributed by atoms with Gasteiger partial charge in [-0.25, -0.2) is 9.59 Å². The van der Waals surface area contributed by atoms with Crippen molar-refractivity contribution in [1.82, 2.24) is 9.97 Å². The minimum atomic E-state index is -0.467. The molecular weight excluding hydrogens is 276 g/mol. The Morgan fingerprint density at radius 1 is 1.40 bits per heavy atom. The van der Waals surface area contributed by atoms with Crippen LogP contribution in [-0.2, 0) is 4.74 Å². The summed E-state index contributed by atoms with van der Waals surface area (Å²) in [5.41, 5.74) is 0.416. The van der Waals surface area contributed by atoms with Gasteiger partial charge < -0.3 is 9.72 Å². The number of methoxy groups -OCH3 is 1. The number of H-pyrrole nitrogens is 1. The van der Waals surface area contributed by atoms with Crippen molar-refractivity contribution in [2.24, 2.45) is 11.8 Å². The van der Waals surface area contributed by atoms with Gasteiger partial charge in [-0.1, -0.05) is 20.8 Å². The van der Waals surface area contributed by atoms with E-state index in [0.29, 0.717) is 28.1 Å². The second kappa shape index (κ2) is 7.47. The molecule has 0 spiro atoms. The quantitative estimate of drug-likeness (QED) is 0.496. The van der Waals surface area contributed by atoms with Gasteiger partial charge in [-0.3, -0.25) is 0 Å². The third kappa shape index (κ3) is 4.67. The SMILES string of the molecule is COC(=O)c1c(SC[C@@H](C)CC(C)C)nc(=O)[nH]c1C. The fourth-order valence-corrected chi connectivity index (χ4v) is 3.21.